The van der Waals surface area contributed by atoms with Crippen molar-refractivity contribution in [3.8, 4) is 0 Å². The highest BCUT2D eigenvalue weighted by atomic mass is 14.3. The quantitative estimate of drug-likeness (QED) is 0.107. The lowest BCUT2D eigenvalue weighted by molar-refractivity contribution is 0.235. The molecule has 0 heterocycles. The van der Waals surface area contributed by atoms with Crippen LogP contribution in [0.2, 0.25) is 0 Å². The van der Waals surface area contributed by atoms with E-state index in [2.05, 4.69) is 180 Å². The predicted octanol–water partition coefficient (Wildman–Crippen LogP) is 26.8. The summed E-state index contributed by atoms with van der Waals surface area (Å²) in [5.74, 6) is 7.96. The molecule has 0 radical (unpaired) electrons. The second-order valence-electron chi connectivity index (χ2n) is 25.7. The molecule has 0 spiro atoms. The molecule has 0 aromatic heterocycles. The summed E-state index contributed by atoms with van der Waals surface area (Å²) in [6.45, 7) is 58.9. The summed E-state index contributed by atoms with van der Waals surface area (Å²) in [5, 5.41) is 0. The maximum atomic E-state index is 2.36. The Hall–Kier alpha value is 0. The van der Waals surface area contributed by atoms with E-state index in [1.54, 1.807) is 0 Å². The van der Waals surface area contributed by atoms with Crippen LogP contribution in [-0.2, 0) is 0 Å². The first-order chi connectivity index (χ1) is 31.9. The third-order valence-electron chi connectivity index (χ3n) is 14.1. The fraction of sp³-hybridized carbons (Fsp3) is 1.00. The standard InChI is InChI=1S/2C7H14.6C7H16.C6H12.C6H14/c1-6(2)7-4-3-5-7;1-7-5-3-2-4-6-7;1-5-6-7(2,3)4;2*1-4-5-6-7(2)3;1-4-6-7(3)5-2;1-4-7(5-2)6-3;1-3-5-7-6-4-2;1-2-3-6-4-5-6;1-5-6(2,3)4/h6-7H,3-5H2,1-2H3;7H,2-6H2,1H3;5-6H2,1-4H3;4*7H,4-6H2,1-3H3;3-7H2,1-2H3;6H,2-5H2,1H3;5H2,1-4H3/t;;;;;7-;;;;/m.....1..../s1. The Bertz CT molecular complexity index is 757. The van der Waals surface area contributed by atoms with Crippen LogP contribution in [0.3, 0.4) is 0 Å². The summed E-state index contributed by atoms with van der Waals surface area (Å²) in [6, 6.07) is 0. The summed E-state index contributed by atoms with van der Waals surface area (Å²) >= 11 is 0. The molecule has 0 N–H and O–H groups in total. The molecule has 0 unspecified atom stereocenters. The van der Waals surface area contributed by atoms with Crippen LogP contribution in [-0.4, -0.2) is 0 Å². The minimum absolute atomic E-state index is 0.542. The Kier molecular flexibility index (Phi) is 76.1. The lowest BCUT2D eigenvalue weighted by Gasteiger charge is -2.28. The zero-order chi connectivity index (χ0) is 54.2. The summed E-state index contributed by atoms with van der Waals surface area (Å²) < 4.78 is 0. The first-order valence-corrected chi connectivity index (χ1v) is 31.9. The van der Waals surface area contributed by atoms with Gasteiger partial charge in [-0.25, -0.2) is 0 Å². The van der Waals surface area contributed by atoms with E-state index in [1.165, 1.54) is 205 Å². The van der Waals surface area contributed by atoms with Gasteiger partial charge in [0.2, 0.25) is 0 Å². The van der Waals surface area contributed by atoms with E-state index in [0.29, 0.717) is 10.8 Å². The molecule has 0 aliphatic heterocycles. The van der Waals surface area contributed by atoms with Gasteiger partial charge < -0.3 is 0 Å². The van der Waals surface area contributed by atoms with Crippen LogP contribution in [0.1, 0.15) is 385 Å². The van der Waals surface area contributed by atoms with E-state index < -0.39 is 0 Å². The van der Waals surface area contributed by atoms with E-state index in [-0.39, 0.29) is 0 Å². The monoisotopic (exact) mass is 967 g/mol. The fourth-order valence-electron chi connectivity index (χ4n) is 7.44. The Labute approximate surface area is 441 Å². The van der Waals surface area contributed by atoms with E-state index in [4.69, 9.17) is 0 Å². The van der Waals surface area contributed by atoms with Crippen LogP contribution < -0.4 is 0 Å². The van der Waals surface area contributed by atoms with Gasteiger partial charge >= 0.3 is 0 Å². The third kappa shape index (κ3) is 95.6. The summed E-state index contributed by atoms with van der Waals surface area (Å²) in [7, 11) is 0. The van der Waals surface area contributed by atoms with Crippen molar-refractivity contribution in [3.63, 3.8) is 0 Å². The summed E-state index contributed by atoms with van der Waals surface area (Å²) in [6.07, 6.45) is 45.2. The van der Waals surface area contributed by atoms with Crippen molar-refractivity contribution in [1.29, 1.82) is 0 Å². The lowest BCUT2D eigenvalue weighted by Crippen LogP contribution is -2.16. The van der Waals surface area contributed by atoms with Crippen molar-refractivity contribution >= 4 is 0 Å². The second-order valence-corrected chi connectivity index (χ2v) is 25.7. The normalized spacial score (nSPS) is 14.7. The van der Waals surface area contributed by atoms with Gasteiger partial charge in [-0.1, -0.05) is 379 Å². The lowest BCUT2D eigenvalue weighted by atomic mass is 9.78. The molecular formula is C68H150. The van der Waals surface area contributed by atoms with E-state index >= 15 is 0 Å². The largest absolute Gasteiger partial charge is 0.0654 e. The predicted molar refractivity (Wildman–Crippen MR) is 328 cm³/mol. The summed E-state index contributed by atoms with van der Waals surface area (Å²) in [4.78, 5) is 0. The zero-order valence-corrected chi connectivity index (χ0v) is 54.2. The minimum atomic E-state index is 0.542. The van der Waals surface area contributed by atoms with Crippen LogP contribution >= 0.6 is 0 Å². The molecule has 0 saturated heterocycles. The zero-order valence-electron chi connectivity index (χ0n) is 54.2. The highest BCUT2D eigenvalue weighted by Gasteiger charge is 2.20. The third-order valence-corrected chi connectivity index (χ3v) is 14.1. The molecule has 3 rings (SSSR count). The minimum Gasteiger partial charge on any atom is -0.0654 e. The molecule has 422 valence electrons. The van der Waals surface area contributed by atoms with Crippen LogP contribution in [0, 0.1) is 58.2 Å². The van der Waals surface area contributed by atoms with Gasteiger partial charge in [-0.2, -0.15) is 0 Å². The smallest absolute Gasteiger partial charge is 0.0383 e. The van der Waals surface area contributed by atoms with Gasteiger partial charge in [-0.05, 0) is 64.6 Å². The van der Waals surface area contributed by atoms with Gasteiger partial charge in [0.05, 0.1) is 0 Å². The van der Waals surface area contributed by atoms with Gasteiger partial charge in [-0.15, -0.1) is 0 Å². The molecule has 0 aromatic rings. The van der Waals surface area contributed by atoms with E-state index in [0.717, 1.165) is 47.3 Å². The molecule has 68 heavy (non-hydrogen) atoms. The molecule has 3 saturated carbocycles. The highest BCUT2D eigenvalue weighted by Crippen LogP contribution is 2.33. The fourth-order valence-corrected chi connectivity index (χ4v) is 7.44. The maximum Gasteiger partial charge on any atom is -0.0383 e. The van der Waals surface area contributed by atoms with Crippen LogP contribution in [0.5, 0.6) is 0 Å². The molecule has 0 nitrogen and oxygen atoms in total. The molecule has 0 bridgehead atoms. The average molecular weight is 968 g/mol. The summed E-state index contributed by atoms with van der Waals surface area (Å²) in [5.41, 5.74) is 1.09. The van der Waals surface area contributed by atoms with Gasteiger partial charge in [0.15, 0.2) is 0 Å². The van der Waals surface area contributed by atoms with Gasteiger partial charge in [-0.3, -0.25) is 0 Å². The second kappa shape index (κ2) is 63.1. The van der Waals surface area contributed by atoms with Gasteiger partial charge in [0.1, 0.15) is 0 Å². The number of rotatable bonds is 20. The molecule has 0 amide bonds. The van der Waals surface area contributed by atoms with Crippen molar-refractivity contribution in [2.75, 3.05) is 0 Å². The van der Waals surface area contributed by atoms with E-state index in [1.807, 2.05) is 0 Å². The van der Waals surface area contributed by atoms with Crippen LogP contribution in [0.4, 0.5) is 0 Å². The van der Waals surface area contributed by atoms with Crippen molar-refractivity contribution in [2.24, 2.45) is 58.2 Å². The van der Waals surface area contributed by atoms with Crippen LogP contribution in [0.25, 0.3) is 0 Å². The van der Waals surface area contributed by atoms with Crippen molar-refractivity contribution < 1.29 is 0 Å². The van der Waals surface area contributed by atoms with Crippen molar-refractivity contribution in [1.82, 2.24) is 0 Å². The number of hydrogen-bond donors (Lipinski definition) is 0. The molecule has 1 atom stereocenters. The Morgan fingerprint density at radius 1 is 0.397 bits per heavy atom. The SMILES string of the molecule is CC(C)C1CCC1.CC1CCCCC1.CCC(C)(C)C.CCC(CC)CC.CCCC(C)(C)C.CCCC1CC1.CCCCC(C)C.CCCCC(C)C.CCCCCCC.CCC[C@H](C)CC. The molecule has 0 heteroatoms. The molecular weight excluding hydrogens is 817 g/mol. The molecule has 3 aliphatic carbocycles. The van der Waals surface area contributed by atoms with E-state index in [9.17, 15) is 0 Å². The van der Waals surface area contributed by atoms with Gasteiger partial charge in [0, 0.05) is 0 Å². The number of unbranched alkanes of at least 4 members (excludes halogenated alkanes) is 6. The number of hydrogen-bond acceptors (Lipinski definition) is 0. The topological polar surface area (TPSA) is 0 Å². The molecule has 0 aromatic carbocycles. The first kappa shape index (κ1) is 82.0. The van der Waals surface area contributed by atoms with Crippen molar-refractivity contribution in [2.45, 2.75) is 385 Å². The highest BCUT2D eigenvalue weighted by molar-refractivity contribution is 4.72. The Morgan fingerprint density at radius 3 is 0.912 bits per heavy atom. The molecule has 3 fully saturated rings. The molecule has 3 aliphatic rings. The average Bonchev–Trinajstić information content (AvgIpc) is 4.08. The van der Waals surface area contributed by atoms with Crippen LogP contribution in [0.15, 0.2) is 0 Å². The Morgan fingerprint density at radius 2 is 0.809 bits per heavy atom. The Balaban J connectivity index is -0.000000122. The van der Waals surface area contributed by atoms with Gasteiger partial charge in [0.25, 0.3) is 0 Å². The van der Waals surface area contributed by atoms with Crippen molar-refractivity contribution in [3.05, 3.63) is 0 Å². The first-order valence-electron chi connectivity index (χ1n) is 31.9. The maximum absolute atomic E-state index is 2.36.